The Kier molecular flexibility index (Phi) is 6.25. The monoisotopic (exact) mass is 348 g/mol. The molecule has 0 aromatic carbocycles. The van der Waals surface area contributed by atoms with Crippen LogP contribution in [-0.4, -0.2) is 22.8 Å². The zero-order valence-corrected chi connectivity index (χ0v) is 13.7. The van der Waals surface area contributed by atoms with E-state index in [4.69, 9.17) is 18.0 Å². The van der Waals surface area contributed by atoms with Crippen LogP contribution in [0, 0.1) is 5.92 Å². The molecule has 1 unspecified atom stereocenters. The molecule has 1 amide bonds. The molecule has 0 spiro atoms. The molecule has 0 aliphatic heterocycles. The standard InChI is InChI=1S/C12H17BrN2OS2/c1-3-4-10(11(14)17)12(16)15(2)6-9-5-8(13)7-18-9/h5,7,10H,3-4,6H2,1-2H3,(H2,14,17). The van der Waals surface area contributed by atoms with Gasteiger partial charge < -0.3 is 10.6 Å². The van der Waals surface area contributed by atoms with Gasteiger partial charge in [-0.3, -0.25) is 4.79 Å². The minimum absolute atomic E-state index is 0.00822. The van der Waals surface area contributed by atoms with E-state index in [9.17, 15) is 4.79 Å². The second-order valence-corrected chi connectivity index (χ2v) is 6.55. The topological polar surface area (TPSA) is 46.3 Å². The van der Waals surface area contributed by atoms with Crippen molar-refractivity contribution in [1.29, 1.82) is 0 Å². The summed E-state index contributed by atoms with van der Waals surface area (Å²) in [7, 11) is 1.79. The second kappa shape index (κ2) is 7.21. The lowest BCUT2D eigenvalue weighted by atomic mass is 10.0. The van der Waals surface area contributed by atoms with Crippen LogP contribution in [0.4, 0.5) is 0 Å². The van der Waals surface area contributed by atoms with Gasteiger partial charge in [0.2, 0.25) is 5.91 Å². The number of thiophene rings is 1. The third-order valence-corrected chi connectivity index (χ3v) is 4.58. The van der Waals surface area contributed by atoms with E-state index in [1.807, 2.05) is 18.4 Å². The van der Waals surface area contributed by atoms with Crippen molar-refractivity contribution in [3.63, 3.8) is 0 Å². The molecule has 0 fully saturated rings. The Balaban J connectivity index is 2.67. The van der Waals surface area contributed by atoms with Gasteiger partial charge in [-0.25, -0.2) is 0 Å². The van der Waals surface area contributed by atoms with E-state index < -0.39 is 0 Å². The third kappa shape index (κ3) is 4.33. The number of carbonyl (C=O) groups is 1. The summed E-state index contributed by atoms with van der Waals surface area (Å²) < 4.78 is 1.04. The zero-order chi connectivity index (χ0) is 13.7. The number of nitrogens with zero attached hydrogens (tertiary/aromatic N) is 1. The van der Waals surface area contributed by atoms with Gasteiger partial charge in [0.1, 0.15) is 0 Å². The molecule has 0 bridgehead atoms. The molecule has 1 heterocycles. The van der Waals surface area contributed by atoms with Crippen LogP contribution in [0.1, 0.15) is 24.6 Å². The normalized spacial score (nSPS) is 12.2. The minimum atomic E-state index is -0.335. The fourth-order valence-electron chi connectivity index (χ4n) is 1.69. The summed E-state index contributed by atoms with van der Waals surface area (Å²) in [5.74, 6) is -0.327. The Bertz CT molecular complexity index is 433. The van der Waals surface area contributed by atoms with Crippen molar-refractivity contribution in [3.05, 3.63) is 20.8 Å². The number of amides is 1. The zero-order valence-electron chi connectivity index (χ0n) is 10.5. The molecular formula is C12H17BrN2OS2. The fraction of sp³-hybridized carbons (Fsp3) is 0.500. The lowest BCUT2D eigenvalue weighted by Crippen LogP contribution is -2.38. The van der Waals surface area contributed by atoms with E-state index in [2.05, 4.69) is 15.9 Å². The molecule has 0 radical (unpaired) electrons. The maximum atomic E-state index is 12.2. The van der Waals surface area contributed by atoms with Crippen LogP contribution in [0.15, 0.2) is 15.9 Å². The summed E-state index contributed by atoms with van der Waals surface area (Å²) in [4.78, 5) is 15.4. The maximum Gasteiger partial charge on any atom is 0.232 e. The number of hydrogen-bond donors (Lipinski definition) is 1. The summed E-state index contributed by atoms with van der Waals surface area (Å²) in [6, 6.07) is 2.02. The molecule has 100 valence electrons. The summed E-state index contributed by atoms with van der Waals surface area (Å²) in [6.45, 7) is 2.62. The maximum absolute atomic E-state index is 12.2. The van der Waals surface area contributed by atoms with Crippen molar-refractivity contribution in [1.82, 2.24) is 4.90 Å². The molecule has 3 nitrogen and oxygen atoms in total. The molecule has 0 saturated carbocycles. The quantitative estimate of drug-likeness (QED) is 0.803. The molecule has 1 atom stereocenters. The minimum Gasteiger partial charge on any atom is -0.393 e. The van der Waals surface area contributed by atoms with E-state index in [1.165, 1.54) is 0 Å². The summed E-state index contributed by atoms with van der Waals surface area (Å²) in [5.41, 5.74) is 5.64. The summed E-state index contributed by atoms with van der Waals surface area (Å²) in [5, 5.41) is 2.00. The van der Waals surface area contributed by atoms with Gasteiger partial charge in [0.15, 0.2) is 0 Å². The molecule has 1 aromatic heterocycles. The van der Waals surface area contributed by atoms with Gasteiger partial charge in [-0.05, 0) is 28.4 Å². The predicted molar refractivity (Wildman–Crippen MR) is 83.7 cm³/mol. The number of halogens is 1. The highest BCUT2D eigenvalue weighted by atomic mass is 79.9. The summed E-state index contributed by atoms with van der Waals surface area (Å²) in [6.07, 6.45) is 1.61. The first-order chi connectivity index (χ1) is 8.45. The van der Waals surface area contributed by atoms with Gasteiger partial charge in [0, 0.05) is 21.8 Å². The lowest BCUT2D eigenvalue weighted by molar-refractivity contribution is -0.132. The van der Waals surface area contributed by atoms with Gasteiger partial charge in [-0.15, -0.1) is 11.3 Å². The van der Waals surface area contributed by atoms with Gasteiger partial charge in [-0.2, -0.15) is 0 Å². The van der Waals surface area contributed by atoms with Crippen LogP contribution in [0.3, 0.4) is 0 Å². The first kappa shape index (κ1) is 15.6. The second-order valence-electron chi connectivity index (χ2n) is 4.17. The molecule has 0 saturated heterocycles. The first-order valence-electron chi connectivity index (χ1n) is 5.73. The van der Waals surface area contributed by atoms with E-state index in [0.717, 1.165) is 15.8 Å². The van der Waals surface area contributed by atoms with Crippen molar-refractivity contribution in [2.45, 2.75) is 26.3 Å². The van der Waals surface area contributed by atoms with Crippen LogP contribution >= 0.6 is 39.5 Å². The Morgan fingerprint density at radius 1 is 1.67 bits per heavy atom. The van der Waals surface area contributed by atoms with E-state index in [0.29, 0.717) is 18.0 Å². The molecule has 2 N–H and O–H groups in total. The number of thiocarbonyl (C=S) groups is 1. The summed E-state index contributed by atoms with van der Waals surface area (Å²) >= 11 is 10.00. The van der Waals surface area contributed by atoms with Crippen molar-refractivity contribution >= 4 is 50.4 Å². The molecule has 0 aliphatic carbocycles. The highest BCUT2D eigenvalue weighted by Crippen LogP contribution is 2.21. The molecule has 1 rings (SSSR count). The molecule has 6 heteroatoms. The van der Waals surface area contributed by atoms with Crippen LogP contribution in [0.2, 0.25) is 0 Å². The number of hydrogen-bond acceptors (Lipinski definition) is 3. The van der Waals surface area contributed by atoms with Crippen LogP contribution in [0.25, 0.3) is 0 Å². The van der Waals surface area contributed by atoms with Crippen LogP contribution < -0.4 is 5.73 Å². The van der Waals surface area contributed by atoms with Gasteiger partial charge in [-0.1, -0.05) is 25.6 Å². The highest BCUT2D eigenvalue weighted by molar-refractivity contribution is 9.10. The Morgan fingerprint density at radius 3 is 2.78 bits per heavy atom. The number of rotatable bonds is 6. The van der Waals surface area contributed by atoms with Gasteiger partial charge in [0.25, 0.3) is 0 Å². The molecular weight excluding hydrogens is 332 g/mol. The molecule has 0 aliphatic rings. The Hall–Kier alpha value is -0.460. The van der Waals surface area contributed by atoms with Crippen molar-refractivity contribution in [2.24, 2.45) is 11.7 Å². The van der Waals surface area contributed by atoms with E-state index >= 15 is 0 Å². The SMILES string of the molecule is CCCC(C(=O)N(C)Cc1cc(Br)cs1)C(N)=S. The largest absolute Gasteiger partial charge is 0.393 e. The van der Waals surface area contributed by atoms with Crippen LogP contribution in [-0.2, 0) is 11.3 Å². The number of carbonyl (C=O) groups excluding carboxylic acids is 1. The molecule has 18 heavy (non-hydrogen) atoms. The van der Waals surface area contributed by atoms with Crippen molar-refractivity contribution in [3.8, 4) is 0 Å². The van der Waals surface area contributed by atoms with E-state index in [-0.39, 0.29) is 11.8 Å². The Morgan fingerprint density at radius 2 is 2.33 bits per heavy atom. The average molecular weight is 349 g/mol. The fourth-order valence-corrected chi connectivity index (χ4v) is 3.41. The Labute approximate surface area is 125 Å². The first-order valence-corrected chi connectivity index (χ1v) is 7.81. The van der Waals surface area contributed by atoms with Crippen molar-refractivity contribution in [2.75, 3.05) is 7.05 Å². The van der Waals surface area contributed by atoms with Gasteiger partial charge in [0.05, 0.1) is 17.5 Å². The highest BCUT2D eigenvalue weighted by Gasteiger charge is 2.24. The smallest absolute Gasteiger partial charge is 0.232 e. The predicted octanol–water partition coefficient (Wildman–Crippen LogP) is 3.17. The molecule has 1 aromatic rings. The van der Waals surface area contributed by atoms with Crippen molar-refractivity contribution < 1.29 is 4.79 Å². The third-order valence-electron chi connectivity index (χ3n) is 2.61. The number of nitrogens with two attached hydrogens (primary N) is 1. The van der Waals surface area contributed by atoms with Crippen LogP contribution in [0.5, 0.6) is 0 Å². The average Bonchev–Trinajstić information content (AvgIpc) is 2.70. The van der Waals surface area contributed by atoms with E-state index in [1.54, 1.807) is 23.3 Å². The van der Waals surface area contributed by atoms with Gasteiger partial charge >= 0.3 is 0 Å². The lowest BCUT2D eigenvalue weighted by Gasteiger charge is -2.22.